The first-order valence-electron chi connectivity index (χ1n) is 10.5. The second-order valence-corrected chi connectivity index (χ2v) is 9.65. The van der Waals surface area contributed by atoms with Gasteiger partial charge in [0, 0.05) is 13.0 Å². The van der Waals surface area contributed by atoms with Gasteiger partial charge < -0.3 is 10.1 Å². The third kappa shape index (κ3) is 7.38. The first-order chi connectivity index (χ1) is 15.4. The average Bonchev–Trinajstić information content (AvgIpc) is 2.73. The molecule has 2 aromatic rings. The van der Waals surface area contributed by atoms with Crippen LogP contribution in [0.4, 0.5) is 18.9 Å². The normalized spacial score (nSPS) is 12.8. The third-order valence-corrected chi connectivity index (χ3v) is 6.39. The Hall–Kier alpha value is -2.75. The fraction of sp³-hybridized carbons (Fsp3) is 0.435. The molecule has 1 N–H and O–H groups in total. The molecule has 182 valence electrons. The van der Waals surface area contributed by atoms with E-state index < -0.39 is 21.8 Å². The number of methoxy groups -OCH3 is 1. The van der Waals surface area contributed by atoms with E-state index in [2.05, 4.69) is 5.32 Å². The van der Waals surface area contributed by atoms with Crippen molar-refractivity contribution in [1.82, 2.24) is 5.32 Å². The summed E-state index contributed by atoms with van der Waals surface area (Å²) in [6.45, 7) is 3.72. The zero-order chi connectivity index (χ0) is 24.8. The molecule has 0 bridgehead atoms. The number of ether oxygens (including phenoxy) is 1. The van der Waals surface area contributed by atoms with Gasteiger partial charge in [0.1, 0.15) is 5.75 Å². The van der Waals surface area contributed by atoms with Gasteiger partial charge in [0.25, 0.3) is 0 Å². The van der Waals surface area contributed by atoms with Gasteiger partial charge in [-0.05, 0) is 55.2 Å². The number of aryl methyl sites for hydroxylation is 1. The molecule has 0 aliphatic heterocycles. The Bertz CT molecular complexity index is 1070. The molecule has 1 atom stereocenters. The maximum atomic E-state index is 13.0. The maximum Gasteiger partial charge on any atom is 0.416 e. The van der Waals surface area contributed by atoms with Crippen LogP contribution in [0.1, 0.15) is 48.9 Å². The molecule has 0 heterocycles. The van der Waals surface area contributed by atoms with Crippen LogP contribution >= 0.6 is 0 Å². The van der Waals surface area contributed by atoms with Gasteiger partial charge in [-0.2, -0.15) is 13.2 Å². The summed E-state index contributed by atoms with van der Waals surface area (Å²) in [4.78, 5) is 12.5. The molecular weight excluding hydrogens is 457 g/mol. The summed E-state index contributed by atoms with van der Waals surface area (Å²) in [5, 5.41) is 2.93. The molecule has 0 fully saturated rings. The minimum absolute atomic E-state index is 0.0244. The summed E-state index contributed by atoms with van der Waals surface area (Å²) >= 11 is 0. The largest absolute Gasteiger partial charge is 0.496 e. The van der Waals surface area contributed by atoms with E-state index in [0.29, 0.717) is 6.42 Å². The maximum absolute atomic E-state index is 13.0. The fourth-order valence-electron chi connectivity index (χ4n) is 3.51. The van der Waals surface area contributed by atoms with Crippen molar-refractivity contribution in [3.05, 3.63) is 59.2 Å². The SMILES string of the molecule is CC[C@@H](NC(=O)CCCN(c1cccc(C(F)(F)F)c1)S(C)(=O)=O)c1ccc(OC)c(C)c1. The lowest BCUT2D eigenvalue weighted by molar-refractivity contribution is -0.137. The molecule has 0 aliphatic carbocycles. The van der Waals surface area contributed by atoms with E-state index in [1.165, 1.54) is 6.07 Å². The standard InChI is InChI=1S/C23H29F3N2O4S/c1-5-20(17-11-12-21(32-3)16(2)14-17)27-22(29)10-7-13-28(33(4,30)31)19-9-6-8-18(15-19)23(24,25)26/h6,8-9,11-12,14-15,20H,5,7,10,13H2,1-4H3,(H,27,29)/t20-/m1/s1. The molecule has 0 unspecified atom stereocenters. The molecule has 0 radical (unpaired) electrons. The Kier molecular flexibility index (Phi) is 8.76. The number of alkyl halides is 3. The number of nitrogens with one attached hydrogen (secondary N) is 1. The number of nitrogens with zero attached hydrogens (tertiary/aromatic N) is 1. The lowest BCUT2D eigenvalue weighted by atomic mass is 10.0. The van der Waals surface area contributed by atoms with E-state index in [9.17, 15) is 26.4 Å². The van der Waals surface area contributed by atoms with Crippen molar-refractivity contribution in [3.8, 4) is 5.75 Å². The zero-order valence-electron chi connectivity index (χ0n) is 19.1. The Morgan fingerprint density at radius 1 is 1.18 bits per heavy atom. The number of carbonyl (C=O) groups excluding carboxylic acids is 1. The van der Waals surface area contributed by atoms with Crippen LogP contribution in [0, 0.1) is 6.92 Å². The van der Waals surface area contributed by atoms with Gasteiger partial charge in [-0.3, -0.25) is 9.10 Å². The average molecular weight is 487 g/mol. The summed E-state index contributed by atoms with van der Waals surface area (Å²) < 4.78 is 69.6. The fourth-order valence-corrected chi connectivity index (χ4v) is 4.47. The summed E-state index contributed by atoms with van der Waals surface area (Å²) in [5.74, 6) is 0.475. The molecule has 2 aromatic carbocycles. The predicted molar refractivity (Wildman–Crippen MR) is 122 cm³/mol. The van der Waals surface area contributed by atoms with Crippen LogP contribution in [0.5, 0.6) is 5.75 Å². The molecule has 0 saturated heterocycles. The van der Waals surface area contributed by atoms with Crippen LogP contribution < -0.4 is 14.4 Å². The van der Waals surface area contributed by atoms with Gasteiger partial charge in [0.15, 0.2) is 0 Å². The molecule has 0 saturated carbocycles. The second kappa shape index (κ2) is 10.9. The van der Waals surface area contributed by atoms with E-state index in [4.69, 9.17) is 4.74 Å². The summed E-state index contributed by atoms with van der Waals surface area (Å²) in [5.41, 5.74) is 0.832. The number of sulfonamides is 1. The Balaban J connectivity index is 2.05. The molecule has 6 nitrogen and oxygen atoms in total. The first-order valence-corrected chi connectivity index (χ1v) is 12.3. The molecule has 2 rings (SSSR count). The predicted octanol–water partition coefficient (Wildman–Crippen LogP) is 4.84. The number of hydrogen-bond donors (Lipinski definition) is 1. The number of halogens is 3. The lowest BCUT2D eigenvalue weighted by Crippen LogP contribution is -2.33. The van der Waals surface area contributed by atoms with Crippen molar-refractivity contribution >= 4 is 21.6 Å². The van der Waals surface area contributed by atoms with E-state index in [0.717, 1.165) is 45.6 Å². The van der Waals surface area contributed by atoms with E-state index >= 15 is 0 Å². The molecule has 0 aliphatic rings. The van der Waals surface area contributed by atoms with Gasteiger partial charge in [-0.25, -0.2) is 8.42 Å². The van der Waals surface area contributed by atoms with Gasteiger partial charge in [-0.1, -0.05) is 25.1 Å². The summed E-state index contributed by atoms with van der Waals surface area (Å²) in [7, 11) is -2.25. The number of hydrogen-bond acceptors (Lipinski definition) is 4. The van der Waals surface area contributed by atoms with Gasteiger partial charge in [-0.15, -0.1) is 0 Å². The Labute approximate surface area is 192 Å². The van der Waals surface area contributed by atoms with Gasteiger partial charge >= 0.3 is 6.18 Å². The van der Waals surface area contributed by atoms with Crippen LogP contribution in [-0.4, -0.2) is 34.2 Å². The smallest absolute Gasteiger partial charge is 0.416 e. The van der Waals surface area contributed by atoms with Crippen LogP contribution in [0.3, 0.4) is 0 Å². The quantitative estimate of drug-likeness (QED) is 0.522. The van der Waals surface area contributed by atoms with Crippen LogP contribution in [0.15, 0.2) is 42.5 Å². The molecule has 1 amide bonds. The monoisotopic (exact) mass is 486 g/mol. The van der Waals surface area contributed by atoms with E-state index in [1.54, 1.807) is 7.11 Å². The Morgan fingerprint density at radius 3 is 2.42 bits per heavy atom. The van der Waals surface area contributed by atoms with E-state index in [-0.39, 0.29) is 37.0 Å². The van der Waals surface area contributed by atoms with Crippen LogP contribution in [0.2, 0.25) is 0 Å². The lowest BCUT2D eigenvalue weighted by Gasteiger charge is -2.23. The number of benzene rings is 2. The highest BCUT2D eigenvalue weighted by atomic mass is 32.2. The molecule has 0 spiro atoms. The van der Waals surface area contributed by atoms with Crippen LogP contribution in [0.25, 0.3) is 0 Å². The third-order valence-electron chi connectivity index (χ3n) is 5.19. The molecule has 0 aromatic heterocycles. The van der Waals surface area contributed by atoms with Crippen molar-refractivity contribution in [1.29, 1.82) is 0 Å². The molecule has 33 heavy (non-hydrogen) atoms. The van der Waals surface area contributed by atoms with E-state index in [1.807, 2.05) is 32.0 Å². The van der Waals surface area contributed by atoms with Crippen molar-refractivity contribution in [2.45, 2.75) is 45.3 Å². The second-order valence-electron chi connectivity index (χ2n) is 7.74. The number of carbonyl (C=O) groups is 1. The molecule has 10 heteroatoms. The minimum atomic E-state index is -4.59. The van der Waals surface area contributed by atoms with Crippen LogP contribution in [-0.2, 0) is 21.0 Å². The highest BCUT2D eigenvalue weighted by molar-refractivity contribution is 7.92. The minimum Gasteiger partial charge on any atom is -0.496 e. The topological polar surface area (TPSA) is 75.7 Å². The van der Waals surface area contributed by atoms with Gasteiger partial charge in [0.2, 0.25) is 15.9 Å². The summed E-state index contributed by atoms with van der Waals surface area (Å²) in [6, 6.07) is 9.55. The van der Waals surface area contributed by atoms with Crippen molar-refractivity contribution in [2.75, 3.05) is 24.2 Å². The molecular formula is C23H29F3N2O4S. The van der Waals surface area contributed by atoms with Gasteiger partial charge in [0.05, 0.1) is 30.7 Å². The van der Waals surface area contributed by atoms with Crippen molar-refractivity contribution < 1.29 is 31.1 Å². The number of rotatable bonds is 10. The highest BCUT2D eigenvalue weighted by Gasteiger charge is 2.31. The number of amides is 1. The zero-order valence-corrected chi connectivity index (χ0v) is 19.9. The Morgan fingerprint density at radius 2 is 1.88 bits per heavy atom. The highest BCUT2D eigenvalue weighted by Crippen LogP contribution is 2.32. The first kappa shape index (κ1) is 26.5. The van der Waals surface area contributed by atoms with Crippen molar-refractivity contribution in [2.24, 2.45) is 0 Å². The summed E-state index contributed by atoms with van der Waals surface area (Å²) in [6.07, 6.45) is -2.85. The van der Waals surface area contributed by atoms with Crippen molar-refractivity contribution in [3.63, 3.8) is 0 Å². The number of anilines is 1.